The Bertz CT molecular complexity index is 786. The Kier molecular flexibility index (Phi) is 6.46. The van der Waals surface area contributed by atoms with Crippen LogP contribution in [0.5, 0.6) is 5.75 Å². The van der Waals surface area contributed by atoms with Gasteiger partial charge >= 0.3 is 5.97 Å². The number of aromatic amines is 1. The molecule has 2 aromatic rings. The Morgan fingerprint density at radius 2 is 2.12 bits per heavy atom. The number of carbonyl (C=O) groups is 3. The molecule has 0 saturated carbocycles. The largest absolute Gasteiger partial charge is 0.497 e. The maximum Gasteiger partial charge on any atom is 0.326 e. The van der Waals surface area contributed by atoms with Gasteiger partial charge < -0.3 is 20.1 Å². The number of thioether (sulfide) groups is 1. The minimum absolute atomic E-state index is 0.0738. The first-order valence-electron chi connectivity index (χ1n) is 7.70. The monoisotopic (exact) mass is 364 g/mol. The van der Waals surface area contributed by atoms with Crippen LogP contribution in [0.2, 0.25) is 0 Å². The molecule has 0 aliphatic rings. The molecule has 1 heterocycles. The number of amides is 1. The quantitative estimate of drug-likeness (QED) is 0.661. The number of carboxylic acids is 1. The molecule has 0 fully saturated rings. The summed E-state index contributed by atoms with van der Waals surface area (Å²) in [6, 6.07) is 4.45. The highest BCUT2D eigenvalue weighted by atomic mass is 32.2. The number of aliphatic carboxylic acids is 1. The molecule has 134 valence electrons. The summed E-state index contributed by atoms with van der Waals surface area (Å²) >= 11 is 1.04. The average molecular weight is 364 g/mol. The van der Waals surface area contributed by atoms with Crippen molar-refractivity contribution in [2.24, 2.45) is 0 Å². The van der Waals surface area contributed by atoms with E-state index in [9.17, 15) is 19.5 Å². The maximum absolute atomic E-state index is 11.9. The Labute approximate surface area is 149 Å². The summed E-state index contributed by atoms with van der Waals surface area (Å²) < 4.78 is 5.20. The molecule has 0 aliphatic carbocycles. The van der Waals surface area contributed by atoms with E-state index in [1.54, 1.807) is 13.3 Å². The van der Waals surface area contributed by atoms with Crippen LogP contribution >= 0.6 is 11.8 Å². The second-order valence-electron chi connectivity index (χ2n) is 5.48. The van der Waals surface area contributed by atoms with E-state index in [2.05, 4.69) is 10.3 Å². The number of hydrogen-bond acceptors (Lipinski definition) is 5. The molecule has 8 heteroatoms. The van der Waals surface area contributed by atoms with Crippen molar-refractivity contribution in [2.75, 3.05) is 12.9 Å². The summed E-state index contributed by atoms with van der Waals surface area (Å²) in [5.74, 6) is -0.494. The molecular weight excluding hydrogens is 344 g/mol. The normalized spacial score (nSPS) is 11.9. The van der Waals surface area contributed by atoms with Crippen LogP contribution in [-0.4, -0.2) is 46.0 Å². The minimum Gasteiger partial charge on any atom is -0.497 e. The number of H-pyrrole nitrogens is 1. The molecule has 0 radical (unpaired) electrons. The molecule has 0 spiro atoms. The molecule has 0 aliphatic heterocycles. The molecule has 2 rings (SSSR count). The van der Waals surface area contributed by atoms with Gasteiger partial charge in [-0.3, -0.25) is 9.59 Å². The van der Waals surface area contributed by atoms with Gasteiger partial charge in [0.15, 0.2) is 5.12 Å². The van der Waals surface area contributed by atoms with Crippen LogP contribution in [0.3, 0.4) is 0 Å². The van der Waals surface area contributed by atoms with Crippen molar-refractivity contribution in [1.29, 1.82) is 0 Å². The predicted molar refractivity (Wildman–Crippen MR) is 95.9 cm³/mol. The second-order valence-corrected chi connectivity index (χ2v) is 6.75. The lowest BCUT2D eigenvalue weighted by atomic mass is 10.0. The van der Waals surface area contributed by atoms with Crippen LogP contribution in [0, 0.1) is 0 Å². The number of carbonyl (C=O) groups excluding carboxylic acids is 2. The molecule has 1 aromatic carbocycles. The van der Waals surface area contributed by atoms with E-state index in [4.69, 9.17) is 4.74 Å². The molecule has 0 saturated heterocycles. The van der Waals surface area contributed by atoms with E-state index in [1.807, 2.05) is 18.2 Å². The average Bonchev–Trinajstić information content (AvgIpc) is 2.95. The number of ether oxygens (including phenoxy) is 1. The number of nitrogens with one attached hydrogen (secondary N) is 2. The Balaban J connectivity index is 2.07. The van der Waals surface area contributed by atoms with E-state index in [0.717, 1.165) is 28.2 Å². The third kappa shape index (κ3) is 5.25. The maximum atomic E-state index is 11.9. The minimum atomic E-state index is -1.11. The molecule has 1 amide bonds. The highest BCUT2D eigenvalue weighted by Crippen LogP contribution is 2.24. The van der Waals surface area contributed by atoms with Crippen LogP contribution in [0.4, 0.5) is 0 Å². The van der Waals surface area contributed by atoms with Crippen molar-refractivity contribution in [1.82, 2.24) is 10.3 Å². The highest BCUT2D eigenvalue weighted by molar-refractivity contribution is 8.13. The van der Waals surface area contributed by atoms with Gasteiger partial charge in [0, 0.05) is 42.6 Å². The fourth-order valence-electron chi connectivity index (χ4n) is 2.43. The number of aromatic nitrogens is 1. The van der Waals surface area contributed by atoms with E-state index < -0.39 is 17.9 Å². The van der Waals surface area contributed by atoms with Gasteiger partial charge in [0.1, 0.15) is 11.8 Å². The first kappa shape index (κ1) is 18.9. The van der Waals surface area contributed by atoms with Gasteiger partial charge in [0.2, 0.25) is 5.91 Å². The SMILES string of the molecule is COc1ccc2[nH]cc(C[C@H](NC(=O)CCSC(C)=O)C(=O)O)c2c1. The van der Waals surface area contributed by atoms with E-state index in [1.165, 1.54) is 6.92 Å². The summed E-state index contributed by atoms with van der Waals surface area (Å²) in [4.78, 5) is 37.3. The number of hydrogen-bond donors (Lipinski definition) is 3. The zero-order chi connectivity index (χ0) is 18.4. The number of fused-ring (bicyclic) bond motifs is 1. The van der Waals surface area contributed by atoms with Gasteiger partial charge in [-0.05, 0) is 23.8 Å². The van der Waals surface area contributed by atoms with Crippen molar-refractivity contribution < 1.29 is 24.2 Å². The lowest BCUT2D eigenvalue weighted by Crippen LogP contribution is -2.42. The number of carboxylic acid groups (broad SMARTS) is 1. The zero-order valence-corrected chi connectivity index (χ0v) is 14.8. The van der Waals surface area contributed by atoms with Crippen LogP contribution < -0.4 is 10.1 Å². The van der Waals surface area contributed by atoms with E-state index in [-0.39, 0.29) is 18.0 Å². The number of rotatable bonds is 8. The highest BCUT2D eigenvalue weighted by Gasteiger charge is 2.22. The van der Waals surface area contributed by atoms with Gasteiger partial charge in [0.25, 0.3) is 0 Å². The fraction of sp³-hybridized carbons (Fsp3) is 0.353. The van der Waals surface area contributed by atoms with Gasteiger partial charge in [-0.25, -0.2) is 4.79 Å². The molecule has 3 N–H and O–H groups in total. The third-order valence-corrected chi connectivity index (χ3v) is 4.48. The van der Waals surface area contributed by atoms with Crippen molar-refractivity contribution in [2.45, 2.75) is 25.8 Å². The van der Waals surface area contributed by atoms with Crippen LogP contribution in [-0.2, 0) is 20.8 Å². The number of methoxy groups -OCH3 is 1. The first-order chi connectivity index (χ1) is 11.9. The summed E-state index contributed by atoms with van der Waals surface area (Å²) in [5.41, 5.74) is 1.64. The van der Waals surface area contributed by atoms with E-state index in [0.29, 0.717) is 11.5 Å². The molecule has 7 nitrogen and oxygen atoms in total. The molecule has 0 unspecified atom stereocenters. The molecule has 25 heavy (non-hydrogen) atoms. The van der Waals surface area contributed by atoms with Gasteiger partial charge in [-0.1, -0.05) is 11.8 Å². The smallest absolute Gasteiger partial charge is 0.326 e. The zero-order valence-electron chi connectivity index (χ0n) is 14.0. The lowest BCUT2D eigenvalue weighted by Gasteiger charge is -2.14. The third-order valence-electron chi connectivity index (χ3n) is 3.67. The van der Waals surface area contributed by atoms with Crippen LogP contribution in [0.25, 0.3) is 10.9 Å². The van der Waals surface area contributed by atoms with Gasteiger partial charge in [-0.15, -0.1) is 0 Å². The molecule has 0 bridgehead atoms. The summed E-state index contributed by atoms with van der Waals surface area (Å²) in [6.45, 7) is 1.42. The second kappa shape index (κ2) is 8.57. The van der Waals surface area contributed by atoms with Crippen LogP contribution in [0.15, 0.2) is 24.4 Å². The summed E-state index contributed by atoms with van der Waals surface area (Å²) in [7, 11) is 1.56. The summed E-state index contributed by atoms with van der Waals surface area (Å²) in [5, 5.41) is 12.7. The van der Waals surface area contributed by atoms with Crippen molar-refractivity contribution in [3.05, 3.63) is 30.0 Å². The predicted octanol–water partition coefficient (Wildman–Crippen LogP) is 1.96. The standard InChI is InChI=1S/C17H20N2O5S/c1-10(20)25-6-5-16(21)19-15(17(22)23)7-11-9-18-14-4-3-12(24-2)8-13(11)14/h3-4,8-9,15,18H,5-7H2,1-2H3,(H,19,21)(H,22,23)/t15-/m0/s1. The van der Waals surface area contributed by atoms with Crippen molar-refractivity contribution >= 4 is 39.7 Å². The fourth-order valence-corrected chi connectivity index (χ4v) is 3.00. The number of benzene rings is 1. The Morgan fingerprint density at radius 1 is 1.36 bits per heavy atom. The van der Waals surface area contributed by atoms with E-state index >= 15 is 0 Å². The van der Waals surface area contributed by atoms with Crippen LogP contribution in [0.1, 0.15) is 18.9 Å². The molecular formula is C17H20N2O5S. The summed E-state index contributed by atoms with van der Waals surface area (Å²) in [6.07, 6.45) is 1.97. The lowest BCUT2D eigenvalue weighted by molar-refractivity contribution is -0.141. The van der Waals surface area contributed by atoms with Gasteiger partial charge in [-0.2, -0.15) is 0 Å². The Hall–Kier alpha value is -2.48. The Morgan fingerprint density at radius 3 is 2.76 bits per heavy atom. The van der Waals surface area contributed by atoms with Crippen molar-refractivity contribution in [3.63, 3.8) is 0 Å². The first-order valence-corrected chi connectivity index (χ1v) is 8.68. The van der Waals surface area contributed by atoms with Gasteiger partial charge in [0.05, 0.1) is 7.11 Å². The topological polar surface area (TPSA) is 108 Å². The van der Waals surface area contributed by atoms with Crippen molar-refractivity contribution in [3.8, 4) is 5.75 Å². The molecule has 1 atom stereocenters. The molecule has 1 aromatic heterocycles.